The number of aromatic nitrogens is 2. The van der Waals surface area contributed by atoms with Crippen LogP contribution < -0.4 is 0 Å². The molecule has 236 valence electrons. The lowest BCUT2D eigenvalue weighted by Crippen LogP contribution is -2.14. The molecule has 0 aliphatic heterocycles. The highest BCUT2D eigenvalue weighted by atomic mass is 16.3. The molecule has 3 nitrogen and oxygen atoms in total. The molecule has 2 aromatic heterocycles. The molecule has 0 amide bonds. The van der Waals surface area contributed by atoms with E-state index < -0.39 is 0 Å². The van der Waals surface area contributed by atoms with Gasteiger partial charge in [-0.1, -0.05) is 135 Å². The molecule has 3 heteroatoms. The summed E-state index contributed by atoms with van der Waals surface area (Å²) in [5.41, 5.74) is 14.3. The van der Waals surface area contributed by atoms with Gasteiger partial charge in [0.2, 0.25) is 0 Å². The summed E-state index contributed by atoms with van der Waals surface area (Å²) in [6.45, 7) is 4.65. The summed E-state index contributed by atoms with van der Waals surface area (Å²) in [6.07, 6.45) is 0. The highest BCUT2D eigenvalue weighted by Crippen LogP contribution is 2.50. The number of nitrogens with zero attached hydrogens (tertiary/aromatic N) is 2. The van der Waals surface area contributed by atoms with Gasteiger partial charge in [0.15, 0.2) is 5.82 Å². The lowest BCUT2D eigenvalue weighted by Gasteiger charge is -2.21. The van der Waals surface area contributed by atoms with E-state index >= 15 is 0 Å². The van der Waals surface area contributed by atoms with Crippen molar-refractivity contribution >= 4 is 32.7 Å². The van der Waals surface area contributed by atoms with Crippen LogP contribution in [-0.4, -0.2) is 9.97 Å². The maximum atomic E-state index is 6.27. The van der Waals surface area contributed by atoms with Crippen LogP contribution in [0, 0.1) is 0 Å². The Morgan fingerprint density at radius 3 is 1.86 bits per heavy atom. The fourth-order valence-electron chi connectivity index (χ4n) is 7.99. The maximum absolute atomic E-state index is 6.27. The van der Waals surface area contributed by atoms with Crippen molar-refractivity contribution in [3.63, 3.8) is 0 Å². The first kappa shape index (κ1) is 28.7. The van der Waals surface area contributed by atoms with Crippen molar-refractivity contribution in [3.8, 4) is 56.2 Å². The summed E-state index contributed by atoms with van der Waals surface area (Å²) in [6, 6.07) is 55.9. The molecule has 1 aliphatic carbocycles. The lowest BCUT2D eigenvalue weighted by atomic mass is 9.82. The van der Waals surface area contributed by atoms with Gasteiger partial charge in [-0.3, -0.25) is 0 Å². The van der Waals surface area contributed by atoms with Crippen LogP contribution in [-0.2, 0) is 5.41 Å². The Hall–Kier alpha value is -6.32. The summed E-state index contributed by atoms with van der Waals surface area (Å²) in [4.78, 5) is 10.5. The van der Waals surface area contributed by atoms with Crippen LogP contribution in [0.1, 0.15) is 25.0 Å². The molecule has 0 fully saturated rings. The predicted molar refractivity (Wildman–Crippen MR) is 206 cm³/mol. The van der Waals surface area contributed by atoms with E-state index in [-0.39, 0.29) is 5.41 Å². The van der Waals surface area contributed by atoms with Crippen molar-refractivity contribution in [1.82, 2.24) is 9.97 Å². The minimum absolute atomic E-state index is 0.0237. The number of benzene rings is 7. The van der Waals surface area contributed by atoms with Crippen LogP contribution in [0.25, 0.3) is 88.9 Å². The Balaban J connectivity index is 1.15. The Morgan fingerprint density at radius 2 is 1.02 bits per heavy atom. The molecule has 0 unspecified atom stereocenters. The van der Waals surface area contributed by atoms with Gasteiger partial charge in [0.1, 0.15) is 11.2 Å². The van der Waals surface area contributed by atoms with Gasteiger partial charge in [-0.15, -0.1) is 0 Å². The largest absolute Gasteiger partial charge is 0.456 e. The average molecular weight is 641 g/mol. The zero-order chi connectivity index (χ0) is 33.4. The van der Waals surface area contributed by atoms with Gasteiger partial charge in [0.25, 0.3) is 0 Å². The number of hydrogen-bond acceptors (Lipinski definition) is 3. The van der Waals surface area contributed by atoms with Crippen molar-refractivity contribution in [2.75, 3.05) is 0 Å². The zero-order valence-corrected chi connectivity index (χ0v) is 27.8. The Kier molecular flexibility index (Phi) is 6.22. The van der Waals surface area contributed by atoms with E-state index in [1.807, 2.05) is 24.3 Å². The second kappa shape index (κ2) is 10.8. The van der Waals surface area contributed by atoms with E-state index in [0.29, 0.717) is 5.82 Å². The van der Waals surface area contributed by atoms with Crippen LogP contribution >= 0.6 is 0 Å². The topological polar surface area (TPSA) is 38.9 Å². The summed E-state index contributed by atoms with van der Waals surface area (Å²) in [5, 5.41) is 4.51. The summed E-state index contributed by atoms with van der Waals surface area (Å²) < 4.78 is 6.27. The average Bonchev–Trinajstić information content (AvgIpc) is 3.65. The SMILES string of the molecule is CC1(C)c2ccccc2-c2cc(-c3ccc(-c4nc(-c5ccccc5)cc(-c5ccc6c(c5)oc5ccccc56)n4)c4ccccc34)ccc21. The number of hydrogen-bond donors (Lipinski definition) is 0. The molecule has 0 spiro atoms. The van der Waals surface area contributed by atoms with Gasteiger partial charge in [0, 0.05) is 32.9 Å². The number of furan rings is 1. The molecule has 0 atom stereocenters. The second-order valence-corrected chi connectivity index (χ2v) is 13.8. The van der Waals surface area contributed by atoms with Crippen molar-refractivity contribution < 1.29 is 4.42 Å². The molecule has 2 heterocycles. The molecule has 0 saturated heterocycles. The molecule has 0 radical (unpaired) electrons. The quantitative estimate of drug-likeness (QED) is 0.192. The fraction of sp³-hybridized carbons (Fsp3) is 0.0638. The van der Waals surface area contributed by atoms with Crippen molar-refractivity contribution in [2.24, 2.45) is 0 Å². The van der Waals surface area contributed by atoms with Crippen LogP contribution in [0.5, 0.6) is 0 Å². The van der Waals surface area contributed by atoms with Crippen molar-refractivity contribution in [3.05, 3.63) is 169 Å². The summed E-state index contributed by atoms with van der Waals surface area (Å²) in [5.74, 6) is 0.693. The van der Waals surface area contributed by atoms with Crippen molar-refractivity contribution in [2.45, 2.75) is 19.3 Å². The van der Waals surface area contributed by atoms with E-state index in [9.17, 15) is 0 Å². The molecular weight excluding hydrogens is 609 g/mol. The maximum Gasteiger partial charge on any atom is 0.161 e. The second-order valence-electron chi connectivity index (χ2n) is 13.8. The molecular formula is C47H32N2O. The van der Waals surface area contributed by atoms with E-state index in [1.54, 1.807) is 0 Å². The Labute approximate surface area is 290 Å². The van der Waals surface area contributed by atoms with Crippen LogP contribution in [0.15, 0.2) is 162 Å². The molecule has 50 heavy (non-hydrogen) atoms. The van der Waals surface area contributed by atoms with Gasteiger partial charge in [0.05, 0.1) is 11.4 Å². The van der Waals surface area contributed by atoms with E-state index in [2.05, 4.69) is 147 Å². The standard InChI is InChI=1S/C47H32N2O/c1-47(2)40-18-10-8-16-35(40)39-26-30(21-25-41(39)47)32-23-24-38(34-15-7-6-14-33(32)34)46-48-42(29-12-4-3-5-13-29)28-43(49-46)31-20-22-37-36-17-9-11-19-44(36)50-45(37)27-31/h3-28H,1-2H3. The monoisotopic (exact) mass is 640 g/mol. The smallest absolute Gasteiger partial charge is 0.161 e. The first-order valence-electron chi connectivity index (χ1n) is 17.2. The molecule has 10 rings (SSSR count). The van der Waals surface area contributed by atoms with Gasteiger partial charge >= 0.3 is 0 Å². The van der Waals surface area contributed by atoms with Crippen LogP contribution in [0.3, 0.4) is 0 Å². The molecule has 0 bridgehead atoms. The van der Waals surface area contributed by atoms with Gasteiger partial charge in [-0.05, 0) is 80.6 Å². The molecule has 0 N–H and O–H groups in total. The van der Waals surface area contributed by atoms with Gasteiger partial charge in [-0.25, -0.2) is 9.97 Å². The Morgan fingerprint density at radius 1 is 0.400 bits per heavy atom. The highest BCUT2D eigenvalue weighted by molar-refractivity contribution is 6.07. The first-order valence-corrected chi connectivity index (χ1v) is 17.2. The number of para-hydroxylation sites is 1. The van der Waals surface area contributed by atoms with Crippen LogP contribution in [0.4, 0.5) is 0 Å². The van der Waals surface area contributed by atoms with Crippen LogP contribution in [0.2, 0.25) is 0 Å². The molecule has 7 aromatic carbocycles. The normalized spacial score (nSPS) is 13.2. The summed E-state index contributed by atoms with van der Waals surface area (Å²) in [7, 11) is 0. The third-order valence-electron chi connectivity index (χ3n) is 10.5. The fourth-order valence-corrected chi connectivity index (χ4v) is 7.99. The van der Waals surface area contributed by atoms with E-state index in [0.717, 1.165) is 55.4 Å². The van der Waals surface area contributed by atoms with E-state index in [4.69, 9.17) is 14.4 Å². The molecule has 0 saturated carbocycles. The number of fused-ring (bicyclic) bond motifs is 7. The third-order valence-corrected chi connectivity index (χ3v) is 10.5. The predicted octanol–water partition coefficient (Wildman–Crippen LogP) is 12.5. The third kappa shape index (κ3) is 4.37. The highest BCUT2D eigenvalue weighted by Gasteiger charge is 2.35. The lowest BCUT2D eigenvalue weighted by molar-refractivity contribution is 0.660. The summed E-state index contributed by atoms with van der Waals surface area (Å²) >= 11 is 0. The Bertz CT molecular complexity index is 2790. The molecule has 9 aromatic rings. The molecule has 1 aliphatic rings. The minimum Gasteiger partial charge on any atom is -0.456 e. The van der Waals surface area contributed by atoms with E-state index in [1.165, 1.54) is 38.8 Å². The zero-order valence-electron chi connectivity index (χ0n) is 27.8. The van der Waals surface area contributed by atoms with Crippen molar-refractivity contribution in [1.29, 1.82) is 0 Å². The number of rotatable bonds is 4. The first-order chi connectivity index (χ1) is 24.5. The minimum atomic E-state index is -0.0237. The van der Waals surface area contributed by atoms with Gasteiger partial charge in [-0.2, -0.15) is 0 Å². The van der Waals surface area contributed by atoms with Gasteiger partial charge < -0.3 is 4.42 Å².